The number of amides is 1. The van der Waals surface area contributed by atoms with E-state index in [1.54, 1.807) is 0 Å². The molecule has 0 bridgehead atoms. The van der Waals surface area contributed by atoms with Gasteiger partial charge in [-0.25, -0.2) is 9.78 Å². The summed E-state index contributed by atoms with van der Waals surface area (Å²) in [5.41, 5.74) is 0.402. The molecular formula is C16H12ClN3O4. The maximum absolute atomic E-state index is 11.6. The number of nitrogens with one attached hydrogen (secondary N) is 1. The predicted molar refractivity (Wildman–Crippen MR) is 86.1 cm³/mol. The topological polar surface area (TPSA) is 101 Å². The number of hydrogen-bond donors (Lipinski definition) is 1. The van der Waals surface area contributed by atoms with Crippen LogP contribution in [0, 0.1) is 11.3 Å². The van der Waals surface area contributed by atoms with Gasteiger partial charge in [0.25, 0.3) is 0 Å². The van der Waals surface area contributed by atoms with Gasteiger partial charge in [0.15, 0.2) is 11.6 Å². The van der Waals surface area contributed by atoms with Crippen molar-refractivity contribution >= 4 is 29.3 Å². The number of anilines is 1. The number of carbonyl (C=O) groups is 2. The van der Waals surface area contributed by atoms with Gasteiger partial charge < -0.3 is 14.8 Å². The van der Waals surface area contributed by atoms with Gasteiger partial charge in [0.2, 0.25) is 5.91 Å². The average Bonchev–Trinajstić information content (AvgIpc) is 2.56. The summed E-state index contributed by atoms with van der Waals surface area (Å²) in [5.74, 6) is -0.541. The summed E-state index contributed by atoms with van der Waals surface area (Å²) < 4.78 is 10.3. The number of hydrogen-bond acceptors (Lipinski definition) is 6. The van der Waals surface area contributed by atoms with E-state index >= 15 is 0 Å². The fraction of sp³-hybridized carbons (Fsp3) is 0.125. The lowest BCUT2D eigenvalue weighted by Crippen LogP contribution is -2.09. The van der Waals surface area contributed by atoms with Gasteiger partial charge in [-0.1, -0.05) is 11.6 Å². The molecule has 0 aliphatic rings. The molecule has 0 atom stereocenters. The van der Waals surface area contributed by atoms with Gasteiger partial charge in [0.05, 0.1) is 23.3 Å². The summed E-state index contributed by atoms with van der Waals surface area (Å²) >= 11 is 5.90. The minimum absolute atomic E-state index is 0.107. The molecule has 0 aliphatic heterocycles. The third-order valence-electron chi connectivity index (χ3n) is 2.86. The van der Waals surface area contributed by atoms with Gasteiger partial charge in [0.1, 0.15) is 11.8 Å². The Labute approximate surface area is 142 Å². The second kappa shape index (κ2) is 7.44. The zero-order chi connectivity index (χ0) is 17.7. The largest absolute Gasteiger partial charge is 0.465 e. The van der Waals surface area contributed by atoms with Crippen LogP contribution in [-0.2, 0) is 9.53 Å². The molecule has 1 aromatic carbocycles. The highest BCUT2D eigenvalue weighted by atomic mass is 35.5. The zero-order valence-corrected chi connectivity index (χ0v) is 13.5. The highest BCUT2D eigenvalue weighted by Crippen LogP contribution is 2.32. The molecule has 0 unspecified atom stereocenters. The van der Waals surface area contributed by atoms with E-state index in [9.17, 15) is 14.9 Å². The Kier molecular flexibility index (Phi) is 5.35. The molecule has 122 valence electrons. The maximum Gasteiger partial charge on any atom is 0.337 e. The van der Waals surface area contributed by atoms with Gasteiger partial charge >= 0.3 is 5.97 Å². The quantitative estimate of drug-likeness (QED) is 0.854. The van der Waals surface area contributed by atoms with E-state index < -0.39 is 5.97 Å². The second-order valence-electron chi connectivity index (χ2n) is 4.60. The van der Waals surface area contributed by atoms with Crippen molar-refractivity contribution in [2.45, 2.75) is 6.92 Å². The van der Waals surface area contributed by atoms with Crippen LogP contribution in [0.4, 0.5) is 5.82 Å². The van der Waals surface area contributed by atoms with Crippen molar-refractivity contribution in [3.63, 3.8) is 0 Å². The van der Waals surface area contributed by atoms with Crippen molar-refractivity contribution in [1.29, 1.82) is 5.26 Å². The van der Waals surface area contributed by atoms with Crippen molar-refractivity contribution in [3.8, 4) is 17.6 Å². The summed E-state index contributed by atoms with van der Waals surface area (Å²) in [5, 5.41) is 12.0. The number of rotatable bonds is 4. The molecule has 0 aliphatic carbocycles. The summed E-state index contributed by atoms with van der Waals surface area (Å²) in [6, 6.07) is 7.63. The Morgan fingerprint density at radius 3 is 2.67 bits per heavy atom. The first-order chi connectivity index (χ1) is 11.4. The van der Waals surface area contributed by atoms with Crippen molar-refractivity contribution < 1.29 is 19.1 Å². The fourth-order valence-electron chi connectivity index (χ4n) is 1.82. The van der Waals surface area contributed by atoms with E-state index in [-0.39, 0.29) is 39.4 Å². The number of benzene rings is 1. The van der Waals surface area contributed by atoms with Crippen LogP contribution in [-0.4, -0.2) is 24.0 Å². The Morgan fingerprint density at radius 1 is 1.29 bits per heavy atom. The first kappa shape index (κ1) is 17.2. The molecular weight excluding hydrogens is 334 g/mol. The molecule has 0 saturated heterocycles. The molecule has 0 fully saturated rings. The summed E-state index contributed by atoms with van der Waals surface area (Å²) in [6.45, 7) is 1.32. The SMILES string of the molecule is COC(=O)c1ccc(C#N)c(Oc2cc(Cl)cnc2NC(C)=O)c1. The second-order valence-corrected chi connectivity index (χ2v) is 5.03. The number of carbonyl (C=O) groups excluding carboxylic acids is 2. The van der Waals surface area contributed by atoms with Gasteiger partial charge in [-0.2, -0.15) is 5.26 Å². The molecule has 0 saturated carbocycles. The number of esters is 1. The molecule has 1 amide bonds. The summed E-state index contributed by atoms with van der Waals surface area (Å²) in [7, 11) is 1.25. The Bertz CT molecular complexity index is 846. The third kappa shape index (κ3) is 4.00. The number of pyridine rings is 1. The van der Waals surface area contributed by atoms with Crippen LogP contribution >= 0.6 is 11.6 Å². The van der Waals surface area contributed by atoms with Crippen molar-refractivity contribution in [2.24, 2.45) is 0 Å². The highest BCUT2D eigenvalue weighted by molar-refractivity contribution is 6.30. The molecule has 2 aromatic rings. The smallest absolute Gasteiger partial charge is 0.337 e. The maximum atomic E-state index is 11.6. The Hall–Kier alpha value is -3.11. The van der Waals surface area contributed by atoms with E-state index in [1.807, 2.05) is 6.07 Å². The fourth-order valence-corrected chi connectivity index (χ4v) is 1.97. The zero-order valence-electron chi connectivity index (χ0n) is 12.8. The van der Waals surface area contributed by atoms with E-state index in [1.165, 1.54) is 44.5 Å². The van der Waals surface area contributed by atoms with E-state index in [0.29, 0.717) is 0 Å². The third-order valence-corrected chi connectivity index (χ3v) is 3.06. The minimum Gasteiger partial charge on any atom is -0.465 e. The normalized spacial score (nSPS) is 9.75. The number of aromatic nitrogens is 1. The van der Waals surface area contributed by atoms with Crippen LogP contribution in [0.15, 0.2) is 30.5 Å². The Morgan fingerprint density at radius 2 is 2.04 bits per heavy atom. The number of nitriles is 1. The number of nitrogens with zero attached hydrogens (tertiary/aromatic N) is 2. The van der Waals surface area contributed by atoms with Gasteiger partial charge in [-0.15, -0.1) is 0 Å². The van der Waals surface area contributed by atoms with Crippen LogP contribution in [0.2, 0.25) is 5.02 Å². The molecule has 24 heavy (non-hydrogen) atoms. The molecule has 8 heteroatoms. The highest BCUT2D eigenvalue weighted by Gasteiger charge is 2.15. The molecule has 1 aromatic heterocycles. The molecule has 1 N–H and O–H groups in total. The minimum atomic E-state index is -0.573. The average molecular weight is 346 g/mol. The monoisotopic (exact) mass is 345 g/mol. The molecule has 1 heterocycles. The lowest BCUT2D eigenvalue weighted by molar-refractivity contribution is -0.114. The van der Waals surface area contributed by atoms with Crippen molar-refractivity contribution in [2.75, 3.05) is 12.4 Å². The first-order valence-electron chi connectivity index (χ1n) is 6.68. The van der Waals surface area contributed by atoms with E-state index in [0.717, 1.165) is 0 Å². The number of ether oxygens (including phenoxy) is 2. The van der Waals surface area contributed by atoms with E-state index in [4.69, 9.17) is 16.3 Å². The lowest BCUT2D eigenvalue weighted by atomic mass is 10.1. The van der Waals surface area contributed by atoms with Crippen LogP contribution in [0.3, 0.4) is 0 Å². The van der Waals surface area contributed by atoms with Crippen molar-refractivity contribution in [3.05, 3.63) is 46.6 Å². The Balaban J connectivity index is 2.47. The molecule has 0 spiro atoms. The van der Waals surface area contributed by atoms with E-state index in [2.05, 4.69) is 15.0 Å². The van der Waals surface area contributed by atoms with Gasteiger partial charge in [0, 0.05) is 19.2 Å². The number of halogens is 1. The molecule has 2 rings (SSSR count). The predicted octanol–water partition coefficient (Wildman–Crippen LogP) is 3.14. The summed E-state index contributed by atoms with van der Waals surface area (Å²) in [4.78, 5) is 26.9. The summed E-state index contributed by atoms with van der Waals surface area (Å²) in [6.07, 6.45) is 1.34. The molecule has 0 radical (unpaired) electrons. The van der Waals surface area contributed by atoms with Gasteiger partial charge in [-0.05, 0) is 18.2 Å². The van der Waals surface area contributed by atoms with Crippen LogP contribution in [0.25, 0.3) is 0 Å². The van der Waals surface area contributed by atoms with Crippen molar-refractivity contribution in [1.82, 2.24) is 4.98 Å². The van der Waals surface area contributed by atoms with Gasteiger partial charge in [-0.3, -0.25) is 4.79 Å². The molecule has 7 nitrogen and oxygen atoms in total. The number of methoxy groups -OCH3 is 1. The standard InChI is InChI=1S/C16H12ClN3O4/c1-9(21)20-15-14(6-12(17)8-19-15)24-13-5-10(16(22)23-2)3-4-11(13)7-18/h3-6,8H,1-2H3,(H,19,20,21). The first-order valence-corrected chi connectivity index (χ1v) is 7.06. The van der Waals surface area contributed by atoms with Crippen LogP contribution in [0.5, 0.6) is 11.5 Å². The van der Waals surface area contributed by atoms with Crippen LogP contribution < -0.4 is 10.1 Å². The lowest BCUT2D eigenvalue weighted by Gasteiger charge is -2.12. The van der Waals surface area contributed by atoms with Crippen LogP contribution in [0.1, 0.15) is 22.8 Å².